The predicted molar refractivity (Wildman–Crippen MR) is 73.5 cm³/mol. The van der Waals surface area contributed by atoms with Crippen molar-refractivity contribution >= 4 is 5.97 Å². The Morgan fingerprint density at radius 2 is 2.16 bits per heavy atom. The molecule has 2 unspecified atom stereocenters. The molecule has 1 saturated heterocycles. The molecule has 3 rings (SSSR count). The number of esters is 1. The molecule has 19 heavy (non-hydrogen) atoms. The third kappa shape index (κ3) is 2.71. The number of hydrogen-bond donors (Lipinski definition) is 1. The van der Waals surface area contributed by atoms with Crippen LogP contribution in [0.5, 0.6) is 0 Å². The summed E-state index contributed by atoms with van der Waals surface area (Å²) >= 11 is 0. The minimum absolute atomic E-state index is 0.139. The van der Waals surface area contributed by atoms with E-state index in [0.29, 0.717) is 12.5 Å². The van der Waals surface area contributed by atoms with E-state index in [2.05, 4.69) is 11.4 Å². The summed E-state index contributed by atoms with van der Waals surface area (Å²) in [6.45, 7) is 1.27. The van der Waals surface area contributed by atoms with E-state index in [1.807, 2.05) is 30.3 Å². The first-order valence-electron chi connectivity index (χ1n) is 6.98. The molecule has 2 aliphatic rings. The van der Waals surface area contributed by atoms with E-state index < -0.39 is 0 Å². The molecule has 0 saturated carbocycles. The van der Waals surface area contributed by atoms with Gasteiger partial charge in [0.1, 0.15) is 12.6 Å². The van der Waals surface area contributed by atoms with Gasteiger partial charge in [-0.1, -0.05) is 36.4 Å². The molecule has 1 heterocycles. The number of allylic oxidation sites excluding steroid dienone is 1. The molecule has 3 nitrogen and oxygen atoms in total. The third-order valence-electron chi connectivity index (χ3n) is 3.97. The van der Waals surface area contributed by atoms with Crippen molar-refractivity contribution in [1.82, 2.24) is 5.32 Å². The Bertz CT molecular complexity index is 481. The lowest BCUT2D eigenvalue weighted by Crippen LogP contribution is -2.33. The Labute approximate surface area is 113 Å². The van der Waals surface area contributed by atoms with Gasteiger partial charge in [0.25, 0.3) is 0 Å². The first-order chi connectivity index (χ1) is 9.34. The quantitative estimate of drug-likeness (QED) is 0.667. The van der Waals surface area contributed by atoms with Gasteiger partial charge in [-0.05, 0) is 36.3 Å². The van der Waals surface area contributed by atoms with Gasteiger partial charge in [-0.3, -0.25) is 0 Å². The second-order valence-electron chi connectivity index (χ2n) is 5.27. The molecule has 100 valence electrons. The van der Waals surface area contributed by atoms with E-state index in [1.54, 1.807) is 0 Å². The smallest absolute Gasteiger partial charge is 0.327 e. The number of ether oxygens (including phenoxy) is 1. The fourth-order valence-electron chi connectivity index (χ4n) is 2.95. The van der Waals surface area contributed by atoms with E-state index in [9.17, 15) is 4.79 Å². The van der Waals surface area contributed by atoms with Crippen LogP contribution < -0.4 is 5.32 Å². The monoisotopic (exact) mass is 257 g/mol. The minimum atomic E-state index is -0.214. The van der Waals surface area contributed by atoms with Gasteiger partial charge in [-0.15, -0.1) is 0 Å². The molecule has 1 N–H and O–H groups in total. The number of nitrogens with one attached hydrogen (secondary N) is 1. The standard InChI is InChI=1S/C16H19NO2/c18-16(19-11-12-6-2-1-3-7-12)15-14-9-5-4-8-13(14)10-17-15/h1-3,6-7,9,13,15,17H,4-5,8,10-11H2. The molecule has 2 atom stereocenters. The summed E-state index contributed by atoms with van der Waals surface area (Å²) in [6, 6.07) is 9.60. The van der Waals surface area contributed by atoms with Gasteiger partial charge in [-0.2, -0.15) is 0 Å². The first kappa shape index (κ1) is 12.4. The van der Waals surface area contributed by atoms with Gasteiger partial charge in [-0.25, -0.2) is 4.79 Å². The van der Waals surface area contributed by atoms with Crippen LogP contribution in [0.4, 0.5) is 0 Å². The molecule has 0 spiro atoms. The molecule has 1 aromatic rings. The highest BCUT2D eigenvalue weighted by Crippen LogP contribution is 2.31. The summed E-state index contributed by atoms with van der Waals surface area (Å²) in [6.07, 6.45) is 5.75. The predicted octanol–water partition coefficient (Wildman–Crippen LogP) is 2.43. The number of carbonyl (C=O) groups is 1. The average molecular weight is 257 g/mol. The van der Waals surface area contributed by atoms with Crippen LogP contribution >= 0.6 is 0 Å². The topological polar surface area (TPSA) is 38.3 Å². The van der Waals surface area contributed by atoms with Crippen LogP contribution in [0, 0.1) is 5.92 Å². The van der Waals surface area contributed by atoms with E-state index in [-0.39, 0.29) is 12.0 Å². The Morgan fingerprint density at radius 3 is 3.00 bits per heavy atom. The van der Waals surface area contributed by atoms with E-state index in [1.165, 1.54) is 18.4 Å². The molecule has 0 aromatic heterocycles. The highest BCUT2D eigenvalue weighted by molar-refractivity contribution is 5.80. The molecule has 1 aliphatic heterocycles. The summed E-state index contributed by atoms with van der Waals surface area (Å²) in [5.41, 5.74) is 2.28. The van der Waals surface area contributed by atoms with Crippen LogP contribution in [0.15, 0.2) is 42.0 Å². The highest BCUT2D eigenvalue weighted by atomic mass is 16.5. The van der Waals surface area contributed by atoms with Crippen molar-refractivity contribution in [1.29, 1.82) is 0 Å². The lowest BCUT2D eigenvalue weighted by molar-refractivity contribution is -0.146. The van der Waals surface area contributed by atoms with Crippen molar-refractivity contribution < 1.29 is 9.53 Å². The van der Waals surface area contributed by atoms with Gasteiger partial charge in [0.15, 0.2) is 0 Å². The largest absolute Gasteiger partial charge is 0.459 e. The molecular weight excluding hydrogens is 238 g/mol. The van der Waals surface area contributed by atoms with E-state index in [0.717, 1.165) is 18.5 Å². The maximum absolute atomic E-state index is 12.1. The molecule has 1 fully saturated rings. The third-order valence-corrected chi connectivity index (χ3v) is 3.97. The lowest BCUT2D eigenvalue weighted by atomic mass is 9.87. The zero-order chi connectivity index (χ0) is 13.1. The van der Waals surface area contributed by atoms with Crippen molar-refractivity contribution in [2.45, 2.75) is 31.9 Å². The number of benzene rings is 1. The van der Waals surface area contributed by atoms with Crippen molar-refractivity contribution in [3.63, 3.8) is 0 Å². The van der Waals surface area contributed by atoms with Crippen LogP contribution in [0.2, 0.25) is 0 Å². The Balaban J connectivity index is 1.60. The molecule has 3 heteroatoms. The van der Waals surface area contributed by atoms with Crippen molar-refractivity contribution in [2.24, 2.45) is 5.92 Å². The van der Waals surface area contributed by atoms with Gasteiger partial charge in [0, 0.05) is 6.54 Å². The average Bonchev–Trinajstić information content (AvgIpc) is 2.90. The Hall–Kier alpha value is -1.61. The van der Waals surface area contributed by atoms with Crippen LogP contribution in [-0.2, 0) is 16.1 Å². The molecule has 1 aliphatic carbocycles. The zero-order valence-corrected chi connectivity index (χ0v) is 11.0. The lowest BCUT2D eigenvalue weighted by Gasteiger charge is -2.19. The summed E-state index contributed by atoms with van der Waals surface area (Å²) in [7, 11) is 0. The highest BCUT2D eigenvalue weighted by Gasteiger charge is 2.36. The summed E-state index contributed by atoms with van der Waals surface area (Å²) < 4.78 is 5.42. The molecule has 1 aromatic carbocycles. The van der Waals surface area contributed by atoms with E-state index in [4.69, 9.17) is 4.74 Å². The molecule has 0 amide bonds. The second kappa shape index (κ2) is 5.57. The number of rotatable bonds is 3. The summed E-state index contributed by atoms with van der Waals surface area (Å²) in [5, 5.41) is 3.29. The SMILES string of the molecule is O=C(OCc1ccccc1)C1NCC2CCCC=C21. The van der Waals surface area contributed by atoms with E-state index >= 15 is 0 Å². The normalized spacial score (nSPS) is 25.6. The summed E-state index contributed by atoms with van der Waals surface area (Å²) in [4.78, 5) is 12.1. The maximum atomic E-state index is 12.1. The first-order valence-corrected chi connectivity index (χ1v) is 6.98. The van der Waals surface area contributed by atoms with Crippen LogP contribution in [0.3, 0.4) is 0 Å². The fraction of sp³-hybridized carbons (Fsp3) is 0.438. The Morgan fingerprint density at radius 1 is 1.32 bits per heavy atom. The number of fused-ring (bicyclic) bond motifs is 1. The van der Waals surface area contributed by atoms with Crippen molar-refractivity contribution in [3.05, 3.63) is 47.5 Å². The maximum Gasteiger partial charge on any atom is 0.327 e. The number of hydrogen-bond acceptors (Lipinski definition) is 3. The Kier molecular flexibility index (Phi) is 3.65. The van der Waals surface area contributed by atoms with Gasteiger partial charge < -0.3 is 10.1 Å². The zero-order valence-electron chi connectivity index (χ0n) is 11.0. The van der Waals surface area contributed by atoms with Crippen molar-refractivity contribution in [2.75, 3.05) is 6.54 Å². The summed E-state index contributed by atoms with van der Waals surface area (Å²) in [5.74, 6) is 0.405. The molecular formula is C16H19NO2. The van der Waals surface area contributed by atoms with Crippen LogP contribution in [0.25, 0.3) is 0 Å². The van der Waals surface area contributed by atoms with Crippen LogP contribution in [-0.4, -0.2) is 18.6 Å². The second-order valence-corrected chi connectivity index (χ2v) is 5.27. The fourth-order valence-corrected chi connectivity index (χ4v) is 2.95. The molecule has 0 radical (unpaired) electrons. The van der Waals surface area contributed by atoms with Crippen LogP contribution in [0.1, 0.15) is 24.8 Å². The van der Waals surface area contributed by atoms with Gasteiger partial charge in [0.05, 0.1) is 0 Å². The van der Waals surface area contributed by atoms with Crippen molar-refractivity contribution in [3.8, 4) is 0 Å². The molecule has 0 bridgehead atoms. The minimum Gasteiger partial charge on any atom is -0.459 e. The number of carbonyl (C=O) groups excluding carboxylic acids is 1. The van der Waals surface area contributed by atoms with Gasteiger partial charge in [0.2, 0.25) is 0 Å². The van der Waals surface area contributed by atoms with Gasteiger partial charge >= 0.3 is 5.97 Å².